The fourth-order valence-electron chi connectivity index (χ4n) is 0.581. The molecule has 0 aliphatic heterocycles. The third-order valence-electron chi connectivity index (χ3n) is 1.00. The largest absolute Gasteiger partial charge is 0.706 e. The Balaban J connectivity index is 3.20. The van der Waals surface area contributed by atoms with Crippen LogP contribution >= 0.6 is 0 Å². The van der Waals surface area contributed by atoms with Gasteiger partial charge in [-0.15, -0.1) is 0 Å². The number of nitrogen functional groups attached to an aromatic ring is 2. The summed E-state index contributed by atoms with van der Waals surface area (Å²) in [4.78, 5) is 0. The number of ether oxygens (including phenoxy) is 1. The average molecular weight is 145 g/mol. The quantitative estimate of drug-likeness (QED) is 0.393. The molecule has 56 valence electrons. The van der Waals surface area contributed by atoms with Crippen molar-refractivity contribution >= 4 is 11.9 Å². The lowest BCUT2D eigenvalue weighted by molar-refractivity contribution is -0.598. The summed E-state index contributed by atoms with van der Waals surface area (Å²) in [5.41, 5.74) is 10.2. The van der Waals surface area contributed by atoms with Crippen LogP contribution < -0.4 is 20.9 Å². The number of anilines is 2. The van der Waals surface area contributed by atoms with Crippen molar-refractivity contribution in [2.75, 3.05) is 18.6 Å². The molecule has 6 heteroatoms. The predicted octanol–water partition coefficient (Wildman–Crippen LogP) is -0.914. The van der Waals surface area contributed by atoms with Crippen molar-refractivity contribution in [1.82, 2.24) is 0 Å². The molecule has 0 aromatic carbocycles. The highest BCUT2D eigenvalue weighted by atomic mass is 16.6. The first-order valence-corrected chi connectivity index (χ1v) is 2.48. The number of methoxy groups -OCH3 is 1. The summed E-state index contributed by atoms with van der Waals surface area (Å²) < 4.78 is 9.34. The number of nitrogens with two attached hydrogens (primary N) is 2. The molecule has 1 aromatic rings. The molecule has 0 aliphatic carbocycles. The van der Waals surface area contributed by atoms with E-state index in [0.29, 0.717) is 0 Å². The van der Waals surface area contributed by atoms with Crippen LogP contribution in [0.15, 0.2) is 4.42 Å². The summed E-state index contributed by atoms with van der Waals surface area (Å²) in [5, 5.41) is 10.7. The monoisotopic (exact) mass is 145 g/mol. The number of rotatable bonds is 1. The summed E-state index contributed by atoms with van der Waals surface area (Å²) in [6.07, 6.45) is 0. The van der Waals surface area contributed by atoms with E-state index in [2.05, 4.69) is 9.15 Å². The third-order valence-corrected chi connectivity index (χ3v) is 1.00. The zero-order valence-corrected chi connectivity index (χ0v) is 5.33. The van der Waals surface area contributed by atoms with Crippen LogP contribution in [-0.2, 0) is 0 Å². The number of nitrogens with zero attached hydrogens (tertiary/aromatic N) is 1. The molecule has 0 amide bonds. The Morgan fingerprint density at radius 1 is 1.60 bits per heavy atom. The van der Waals surface area contributed by atoms with Gasteiger partial charge in [-0.2, -0.15) is 4.73 Å². The van der Waals surface area contributed by atoms with Gasteiger partial charge in [-0.1, -0.05) is 0 Å². The van der Waals surface area contributed by atoms with Gasteiger partial charge in [0.05, 0.1) is 7.11 Å². The van der Waals surface area contributed by atoms with E-state index in [-0.39, 0.29) is 22.5 Å². The van der Waals surface area contributed by atoms with Gasteiger partial charge in [-0.3, -0.25) is 5.73 Å². The summed E-state index contributed by atoms with van der Waals surface area (Å²) in [6.45, 7) is 0. The zero-order chi connectivity index (χ0) is 7.72. The molecular formula is C4H7N3O3. The Kier molecular flexibility index (Phi) is 1.29. The molecule has 0 aliphatic rings. The summed E-state index contributed by atoms with van der Waals surface area (Å²) in [6, 6.07) is -0.325. The minimum Gasteiger partial charge on any atom is -0.706 e. The van der Waals surface area contributed by atoms with Crippen LogP contribution in [0, 0.1) is 5.21 Å². The third kappa shape index (κ3) is 0.697. The number of aromatic nitrogens is 1. The minimum absolute atomic E-state index is 0.113. The summed E-state index contributed by atoms with van der Waals surface area (Å²) in [7, 11) is 1.30. The van der Waals surface area contributed by atoms with Gasteiger partial charge in [0.2, 0.25) is 0 Å². The van der Waals surface area contributed by atoms with Crippen LogP contribution in [0.5, 0.6) is 5.88 Å². The van der Waals surface area contributed by atoms with Crippen molar-refractivity contribution < 1.29 is 13.9 Å². The van der Waals surface area contributed by atoms with E-state index in [1.807, 2.05) is 0 Å². The molecule has 0 saturated heterocycles. The molecule has 0 saturated carbocycles. The minimum atomic E-state index is -0.325. The molecule has 0 spiro atoms. The predicted molar refractivity (Wildman–Crippen MR) is 33.0 cm³/mol. The molecule has 0 fully saturated rings. The lowest BCUT2D eigenvalue weighted by Gasteiger charge is -1.98. The fraction of sp³-hybridized carbons (Fsp3) is 0.250. The second-order valence-electron chi connectivity index (χ2n) is 1.61. The zero-order valence-electron chi connectivity index (χ0n) is 5.33. The van der Waals surface area contributed by atoms with Crippen molar-refractivity contribution in [3.05, 3.63) is 5.21 Å². The van der Waals surface area contributed by atoms with Gasteiger partial charge in [0, 0.05) is 0 Å². The van der Waals surface area contributed by atoms with Crippen LogP contribution in [0.2, 0.25) is 0 Å². The van der Waals surface area contributed by atoms with Gasteiger partial charge < -0.3 is 20.1 Å². The number of hydrogen-bond donors (Lipinski definition) is 2. The van der Waals surface area contributed by atoms with Crippen LogP contribution in [-0.4, -0.2) is 7.11 Å². The van der Waals surface area contributed by atoms with Crippen molar-refractivity contribution in [3.8, 4) is 5.88 Å². The first kappa shape index (κ1) is 6.53. The molecular weight excluding hydrogens is 138 g/mol. The normalized spacial score (nSPS) is 9.70. The number of oxazole rings is 1. The highest BCUT2D eigenvalue weighted by Crippen LogP contribution is 2.18. The summed E-state index contributed by atoms with van der Waals surface area (Å²) >= 11 is 0. The van der Waals surface area contributed by atoms with Gasteiger partial charge in [-0.05, 0) is 0 Å². The van der Waals surface area contributed by atoms with Gasteiger partial charge in [0.15, 0.2) is 0 Å². The Labute approximate surface area is 56.6 Å². The van der Waals surface area contributed by atoms with Crippen LogP contribution in [0.3, 0.4) is 0 Å². The highest BCUT2D eigenvalue weighted by Gasteiger charge is 2.16. The molecule has 0 bridgehead atoms. The molecule has 0 atom stereocenters. The highest BCUT2D eigenvalue weighted by molar-refractivity contribution is 5.35. The van der Waals surface area contributed by atoms with Gasteiger partial charge in [0.25, 0.3) is 5.88 Å². The Morgan fingerprint density at radius 3 is 2.40 bits per heavy atom. The first-order chi connectivity index (χ1) is 4.66. The first-order valence-electron chi connectivity index (χ1n) is 2.48. The molecule has 1 rings (SSSR count). The lowest BCUT2D eigenvalue weighted by Crippen LogP contribution is -2.29. The average Bonchev–Trinajstić information content (AvgIpc) is 2.09. The van der Waals surface area contributed by atoms with E-state index in [0.717, 1.165) is 0 Å². The maximum atomic E-state index is 10.7. The molecule has 0 unspecified atom stereocenters. The van der Waals surface area contributed by atoms with E-state index in [1.54, 1.807) is 0 Å². The maximum absolute atomic E-state index is 10.7. The number of hydrogen-bond acceptors (Lipinski definition) is 5. The lowest BCUT2D eigenvalue weighted by atomic mass is 10.8. The van der Waals surface area contributed by atoms with Gasteiger partial charge in [-0.25, -0.2) is 0 Å². The summed E-state index contributed by atoms with van der Waals surface area (Å²) in [5.74, 6) is -0.229. The maximum Gasteiger partial charge on any atom is 0.460 e. The van der Waals surface area contributed by atoms with Gasteiger partial charge in [0.1, 0.15) is 0 Å². The molecule has 6 nitrogen and oxygen atoms in total. The van der Waals surface area contributed by atoms with Crippen LogP contribution in [0.4, 0.5) is 11.9 Å². The SMILES string of the molecule is COc1c(N)oc(N)[n+]1[O-]. The topological polar surface area (TPSA) is 101 Å². The van der Waals surface area contributed by atoms with Crippen molar-refractivity contribution in [3.63, 3.8) is 0 Å². The molecule has 1 heterocycles. The van der Waals surface area contributed by atoms with E-state index >= 15 is 0 Å². The van der Waals surface area contributed by atoms with Crippen molar-refractivity contribution in [2.45, 2.75) is 0 Å². The van der Waals surface area contributed by atoms with Crippen molar-refractivity contribution in [2.24, 2.45) is 0 Å². The molecule has 1 aromatic heterocycles. The Bertz CT molecular complexity index is 244. The molecule has 10 heavy (non-hydrogen) atoms. The second-order valence-corrected chi connectivity index (χ2v) is 1.61. The van der Waals surface area contributed by atoms with Crippen molar-refractivity contribution in [1.29, 1.82) is 0 Å². The van der Waals surface area contributed by atoms with E-state index in [4.69, 9.17) is 11.5 Å². The standard InChI is InChI=1S/C4H7N3O3/c1-9-3-2(5)10-4(6)7(3)8/h5-6H2,1H3. The Hall–Kier alpha value is -1.59. The second kappa shape index (κ2) is 1.98. The Morgan fingerprint density at radius 2 is 2.20 bits per heavy atom. The molecule has 4 N–H and O–H groups in total. The molecule has 0 radical (unpaired) electrons. The van der Waals surface area contributed by atoms with E-state index < -0.39 is 0 Å². The van der Waals surface area contributed by atoms with E-state index in [1.165, 1.54) is 7.11 Å². The van der Waals surface area contributed by atoms with Crippen LogP contribution in [0.25, 0.3) is 0 Å². The fourth-order valence-corrected chi connectivity index (χ4v) is 0.581. The van der Waals surface area contributed by atoms with Gasteiger partial charge >= 0.3 is 11.9 Å². The van der Waals surface area contributed by atoms with Crippen LogP contribution in [0.1, 0.15) is 0 Å². The van der Waals surface area contributed by atoms with E-state index in [9.17, 15) is 5.21 Å². The smallest absolute Gasteiger partial charge is 0.460 e.